The SMILES string of the molecule is COC(CNc1nc2c(cc1C#N)COC2)Cc1ccccc1. The number of ether oxygens (including phenoxy) is 2. The number of aromatic nitrogens is 1. The summed E-state index contributed by atoms with van der Waals surface area (Å²) in [5.41, 5.74) is 3.67. The molecule has 0 saturated carbocycles. The molecule has 1 aliphatic rings. The predicted molar refractivity (Wildman–Crippen MR) is 86.9 cm³/mol. The summed E-state index contributed by atoms with van der Waals surface area (Å²) in [6.45, 7) is 1.63. The third kappa shape index (κ3) is 3.67. The van der Waals surface area contributed by atoms with Crippen LogP contribution in [-0.2, 0) is 29.1 Å². The number of anilines is 1. The summed E-state index contributed by atoms with van der Waals surface area (Å²) >= 11 is 0. The molecule has 1 aromatic carbocycles. The molecule has 0 spiro atoms. The van der Waals surface area contributed by atoms with Gasteiger partial charge in [0.25, 0.3) is 0 Å². The van der Waals surface area contributed by atoms with Crippen LogP contribution in [0.3, 0.4) is 0 Å². The second-order valence-electron chi connectivity index (χ2n) is 5.52. The van der Waals surface area contributed by atoms with E-state index in [-0.39, 0.29) is 6.10 Å². The van der Waals surface area contributed by atoms with Crippen LogP contribution in [0.1, 0.15) is 22.4 Å². The lowest BCUT2D eigenvalue weighted by atomic mass is 10.1. The zero-order chi connectivity index (χ0) is 16.1. The molecule has 1 aromatic heterocycles. The molecule has 2 heterocycles. The van der Waals surface area contributed by atoms with Crippen molar-refractivity contribution in [2.75, 3.05) is 19.0 Å². The molecule has 1 aliphatic heterocycles. The second kappa shape index (κ2) is 7.23. The van der Waals surface area contributed by atoms with Crippen LogP contribution in [0.2, 0.25) is 0 Å². The molecule has 0 saturated heterocycles. The third-order valence-electron chi connectivity index (χ3n) is 3.94. The van der Waals surface area contributed by atoms with Crippen molar-refractivity contribution < 1.29 is 9.47 Å². The molecule has 0 fully saturated rings. The number of benzene rings is 1. The molecule has 118 valence electrons. The molecule has 0 amide bonds. The minimum Gasteiger partial charge on any atom is -0.379 e. The zero-order valence-electron chi connectivity index (χ0n) is 13.1. The molecular weight excluding hydrogens is 290 g/mol. The van der Waals surface area contributed by atoms with Gasteiger partial charge in [0.1, 0.15) is 11.9 Å². The fourth-order valence-corrected chi connectivity index (χ4v) is 2.65. The Balaban J connectivity index is 1.68. The van der Waals surface area contributed by atoms with E-state index in [0.717, 1.165) is 17.7 Å². The molecule has 2 aromatic rings. The number of pyridine rings is 1. The molecule has 23 heavy (non-hydrogen) atoms. The van der Waals surface area contributed by atoms with Gasteiger partial charge in [0.15, 0.2) is 0 Å². The molecule has 3 rings (SSSR count). The fraction of sp³-hybridized carbons (Fsp3) is 0.333. The van der Waals surface area contributed by atoms with Crippen molar-refractivity contribution in [3.05, 3.63) is 58.8 Å². The van der Waals surface area contributed by atoms with E-state index in [4.69, 9.17) is 9.47 Å². The molecule has 0 radical (unpaired) electrons. The van der Waals surface area contributed by atoms with E-state index in [2.05, 4.69) is 28.5 Å². The summed E-state index contributed by atoms with van der Waals surface area (Å²) in [7, 11) is 1.70. The summed E-state index contributed by atoms with van der Waals surface area (Å²) in [5.74, 6) is 0.604. The van der Waals surface area contributed by atoms with Gasteiger partial charge >= 0.3 is 0 Å². The first kappa shape index (κ1) is 15.5. The molecule has 1 unspecified atom stereocenters. The number of nitrogens with one attached hydrogen (secondary N) is 1. The highest BCUT2D eigenvalue weighted by Crippen LogP contribution is 2.23. The summed E-state index contributed by atoms with van der Waals surface area (Å²) in [6, 6.07) is 14.3. The van der Waals surface area contributed by atoms with Gasteiger partial charge in [-0.15, -0.1) is 0 Å². The molecule has 1 atom stereocenters. The Hall–Kier alpha value is -2.42. The number of nitriles is 1. The van der Waals surface area contributed by atoms with Crippen molar-refractivity contribution in [3.63, 3.8) is 0 Å². The van der Waals surface area contributed by atoms with Crippen molar-refractivity contribution >= 4 is 5.82 Å². The highest BCUT2D eigenvalue weighted by molar-refractivity contribution is 5.54. The van der Waals surface area contributed by atoms with E-state index >= 15 is 0 Å². The predicted octanol–water partition coefficient (Wildman–Crippen LogP) is 2.65. The Labute approximate surface area is 135 Å². The van der Waals surface area contributed by atoms with Gasteiger partial charge in [-0.3, -0.25) is 0 Å². The summed E-state index contributed by atoms with van der Waals surface area (Å²) in [5, 5.41) is 12.6. The van der Waals surface area contributed by atoms with Crippen LogP contribution in [-0.4, -0.2) is 24.7 Å². The Morgan fingerprint density at radius 1 is 1.35 bits per heavy atom. The summed E-state index contributed by atoms with van der Waals surface area (Å²) in [4.78, 5) is 4.52. The lowest BCUT2D eigenvalue weighted by Gasteiger charge is -2.17. The highest BCUT2D eigenvalue weighted by Gasteiger charge is 2.17. The average molecular weight is 309 g/mol. The van der Waals surface area contributed by atoms with E-state index in [0.29, 0.717) is 31.1 Å². The number of hydrogen-bond acceptors (Lipinski definition) is 5. The lowest BCUT2D eigenvalue weighted by Crippen LogP contribution is -2.25. The Morgan fingerprint density at radius 3 is 2.91 bits per heavy atom. The van der Waals surface area contributed by atoms with Gasteiger partial charge < -0.3 is 14.8 Å². The van der Waals surface area contributed by atoms with Crippen molar-refractivity contribution in [1.82, 2.24) is 4.98 Å². The maximum absolute atomic E-state index is 9.31. The van der Waals surface area contributed by atoms with E-state index in [9.17, 15) is 5.26 Å². The molecule has 5 heteroatoms. The van der Waals surface area contributed by atoms with Gasteiger partial charge in [-0.25, -0.2) is 4.98 Å². The number of hydrogen-bond donors (Lipinski definition) is 1. The fourth-order valence-electron chi connectivity index (χ4n) is 2.65. The second-order valence-corrected chi connectivity index (χ2v) is 5.52. The van der Waals surface area contributed by atoms with Gasteiger partial charge in [-0.2, -0.15) is 5.26 Å². The maximum Gasteiger partial charge on any atom is 0.144 e. The molecule has 0 bridgehead atoms. The monoisotopic (exact) mass is 309 g/mol. The van der Waals surface area contributed by atoms with Crippen molar-refractivity contribution in [3.8, 4) is 6.07 Å². The summed E-state index contributed by atoms with van der Waals surface area (Å²) in [6.07, 6.45) is 0.815. The van der Waals surface area contributed by atoms with Gasteiger partial charge in [0.05, 0.1) is 30.6 Å². The van der Waals surface area contributed by atoms with E-state index in [1.807, 2.05) is 24.3 Å². The van der Waals surface area contributed by atoms with Crippen molar-refractivity contribution in [2.45, 2.75) is 25.7 Å². The molecule has 1 N–H and O–H groups in total. The molecule has 0 aliphatic carbocycles. The normalized spacial score (nSPS) is 14.1. The first-order chi connectivity index (χ1) is 11.3. The maximum atomic E-state index is 9.31. The Kier molecular flexibility index (Phi) is 4.86. The largest absolute Gasteiger partial charge is 0.379 e. The number of fused-ring (bicyclic) bond motifs is 1. The standard InChI is InChI=1S/C18H19N3O2/c1-22-16(7-13-5-3-2-4-6-13)10-20-18-14(9-19)8-15-11-23-12-17(15)21-18/h2-6,8,16H,7,10-12H2,1H3,(H,20,21). The quantitative estimate of drug-likeness (QED) is 0.888. The van der Waals surface area contributed by atoms with Crippen LogP contribution < -0.4 is 5.32 Å². The first-order valence-corrected chi connectivity index (χ1v) is 7.61. The van der Waals surface area contributed by atoms with Gasteiger partial charge in [0.2, 0.25) is 0 Å². The number of nitrogens with zero attached hydrogens (tertiary/aromatic N) is 2. The van der Waals surface area contributed by atoms with Crippen LogP contribution in [0.25, 0.3) is 0 Å². The lowest BCUT2D eigenvalue weighted by molar-refractivity contribution is 0.113. The zero-order valence-corrected chi connectivity index (χ0v) is 13.1. The number of rotatable bonds is 6. The van der Waals surface area contributed by atoms with Crippen LogP contribution >= 0.6 is 0 Å². The van der Waals surface area contributed by atoms with Gasteiger partial charge in [0, 0.05) is 25.6 Å². The third-order valence-corrected chi connectivity index (χ3v) is 3.94. The van der Waals surface area contributed by atoms with E-state index < -0.39 is 0 Å². The minimum absolute atomic E-state index is 0.00949. The van der Waals surface area contributed by atoms with Crippen molar-refractivity contribution in [1.29, 1.82) is 5.26 Å². The van der Waals surface area contributed by atoms with E-state index in [1.54, 1.807) is 7.11 Å². The van der Waals surface area contributed by atoms with E-state index in [1.165, 1.54) is 5.56 Å². The van der Waals surface area contributed by atoms with Crippen LogP contribution in [0, 0.1) is 11.3 Å². The highest BCUT2D eigenvalue weighted by atomic mass is 16.5. The van der Waals surface area contributed by atoms with Crippen molar-refractivity contribution in [2.24, 2.45) is 0 Å². The topological polar surface area (TPSA) is 67.2 Å². The number of methoxy groups -OCH3 is 1. The summed E-state index contributed by atoms with van der Waals surface area (Å²) < 4.78 is 10.9. The van der Waals surface area contributed by atoms with Crippen LogP contribution in [0.4, 0.5) is 5.82 Å². The Morgan fingerprint density at radius 2 is 2.17 bits per heavy atom. The first-order valence-electron chi connectivity index (χ1n) is 7.61. The molecular formula is C18H19N3O2. The van der Waals surface area contributed by atoms with Crippen LogP contribution in [0.5, 0.6) is 0 Å². The van der Waals surface area contributed by atoms with Gasteiger partial charge in [-0.05, 0) is 11.6 Å². The van der Waals surface area contributed by atoms with Crippen LogP contribution in [0.15, 0.2) is 36.4 Å². The average Bonchev–Trinajstić information content (AvgIpc) is 3.05. The molecule has 5 nitrogen and oxygen atoms in total. The Bertz CT molecular complexity index is 710. The smallest absolute Gasteiger partial charge is 0.144 e. The van der Waals surface area contributed by atoms with Gasteiger partial charge in [-0.1, -0.05) is 30.3 Å². The minimum atomic E-state index is 0.00949.